The Balaban J connectivity index is 2.16. The van der Waals surface area contributed by atoms with E-state index in [2.05, 4.69) is 19.2 Å². The van der Waals surface area contributed by atoms with E-state index in [-0.39, 0.29) is 12.5 Å². The van der Waals surface area contributed by atoms with Crippen molar-refractivity contribution in [1.29, 1.82) is 0 Å². The second-order valence-electron chi connectivity index (χ2n) is 6.91. The zero-order valence-corrected chi connectivity index (χ0v) is 18.0. The summed E-state index contributed by atoms with van der Waals surface area (Å²) < 4.78 is 0. The van der Waals surface area contributed by atoms with Crippen LogP contribution in [0.25, 0.3) is 0 Å². The molecule has 0 aliphatic rings. The SMILES string of the molecule is CCCCNC(=O)N(CCCC)c1cccc(Sc2cccc(CC(=O)O)c2)c1. The summed E-state index contributed by atoms with van der Waals surface area (Å²) in [5.74, 6) is -0.838. The zero-order chi connectivity index (χ0) is 21.1. The fourth-order valence-electron chi connectivity index (χ4n) is 2.88. The summed E-state index contributed by atoms with van der Waals surface area (Å²) in [7, 11) is 0. The average Bonchev–Trinajstić information content (AvgIpc) is 2.68. The van der Waals surface area contributed by atoms with Crippen LogP contribution < -0.4 is 10.2 Å². The summed E-state index contributed by atoms with van der Waals surface area (Å²) in [6, 6.07) is 15.4. The number of nitrogens with one attached hydrogen (secondary N) is 1. The summed E-state index contributed by atoms with van der Waals surface area (Å²) in [6.07, 6.45) is 3.98. The summed E-state index contributed by atoms with van der Waals surface area (Å²) in [5.41, 5.74) is 1.65. The Morgan fingerprint density at radius 1 is 1.00 bits per heavy atom. The smallest absolute Gasteiger partial charge is 0.321 e. The molecule has 29 heavy (non-hydrogen) atoms. The summed E-state index contributed by atoms with van der Waals surface area (Å²) in [6.45, 7) is 5.58. The minimum atomic E-state index is -0.838. The third-order valence-corrected chi connectivity index (χ3v) is 5.39. The highest BCUT2D eigenvalue weighted by atomic mass is 32.2. The van der Waals surface area contributed by atoms with Gasteiger partial charge in [0.2, 0.25) is 0 Å². The van der Waals surface area contributed by atoms with E-state index in [1.807, 2.05) is 53.4 Å². The van der Waals surface area contributed by atoms with Crippen molar-refractivity contribution in [2.24, 2.45) is 0 Å². The van der Waals surface area contributed by atoms with E-state index in [1.54, 1.807) is 11.8 Å². The number of rotatable bonds is 11. The molecule has 0 atom stereocenters. The van der Waals surface area contributed by atoms with E-state index in [0.717, 1.165) is 46.7 Å². The van der Waals surface area contributed by atoms with Crippen molar-refractivity contribution in [3.63, 3.8) is 0 Å². The molecule has 0 radical (unpaired) electrons. The molecule has 0 saturated heterocycles. The number of aliphatic carboxylic acids is 1. The zero-order valence-electron chi connectivity index (χ0n) is 17.2. The topological polar surface area (TPSA) is 69.6 Å². The van der Waals surface area contributed by atoms with Gasteiger partial charge in [-0.05, 0) is 48.7 Å². The van der Waals surface area contributed by atoms with Gasteiger partial charge in [0.15, 0.2) is 0 Å². The van der Waals surface area contributed by atoms with Gasteiger partial charge in [0.25, 0.3) is 0 Å². The molecule has 0 fully saturated rings. The van der Waals surface area contributed by atoms with Crippen LogP contribution in [0.2, 0.25) is 0 Å². The molecule has 0 unspecified atom stereocenters. The van der Waals surface area contributed by atoms with Gasteiger partial charge in [-0.3, -0.25) is 9.69 Å². The predicted octanol–water partition coefficient (Wildman–Crippen LogP) is 5.58. The lowest BCUT2D eigenvalue weighted by Crippen LogP contribution is -2.41. The first kappa shape index (κ1) is 22.8. The lowest BCUT2D eigenvalue weighted by molar-refractivity contribution is -0.136. The van der Waals surface area contributed by atoms with Crippen molar-refractivity contribution >= 4 is 29.4 Å². The highest BCUT2D eigenvalue weighted by Crippen LogP contribution is 2.31. The van der Waals surface area contributed by atoms with Gasteiger partial charge < -0.3 is 10.4 Å². The number of carboxylic acid groups (broad SMARTS) is 1. The van der Waals surface area contributed by atoms with Gasteiger partial charge in [-0.25, -0.2) is 4.79 Å². The fourth-order valence-corrected chi connectivity index (χ4v) is 3.83. The monoisotopic (exact) mass is 414 g/mol. The van der Waals surface area contributed by atoms with Gasteiger partial charge in [-0.1, -0.05) is 56.7 Å². The lowest BCUT2D eigenvalue weighted by Gasteiger charge is -2.23. The van der Waals surface area contributed by atoms with Crippen molar-refractivity contribution in [2.75, 3.05) is 18.0 Å². The average molecular weight is 415 g/mol. The second kappa shape index (κ2) is 12.2. The number of anilines is 1. The molecule has 6 heteroatoms. The van der Waals surface area contributed by atoms with Crippen LogP contribution in [0.15, 0.2) is 58.3 Å². The van der Waals surface area contributed by atoms with Crippen LogP contribution in [-0.2, 0) is 11.2 Å². The van der Waals surface area contributed by atoms with Crippen molar-refractivity contribution in [2.45, 2.75) is 55.7 Å². The van der Waals surface area contributed by atoms with Gasteiger partial charge in [0, 0.05) is 28.6 Å². The van der Waals surface area contributed by atoms with Gasteiger partial charge in [0.05, 0.1) is 6.42 Å². The largest absolute Gasteiger partial charge is 0.481 e. The number of hydrogen-bond acceptors (Lipinski definition) is 3. The minimum Gasteiger partial charge on any atom is -0.481 e. The molecule has 0 aromatic heterocycles. The molecule has 0 spiro atoms. The maximum atomic E-state index is 12.7. The molecule has 2 amide bonds. The third kappa shape index (κ3) is 7.81. The van der Waals surface area contributed by atoms with Crippen LogP contribution in [0.1, 0.15) is 45.1 Å². The highest BCUT2D eigenvalue weighted by molar-refractivity contribution is 7.99. The molecule has 2 N–H and O–H groups in total. The summed E-state index contributed by atoms with van der Waals surface area (Å²) >= 11 is 1.57. The lowest BCUT2D eigenvalue weighted by atomic mass is 10.2. The first-order chi connectivity index (χ1) is 14.0. The van der Waals surface area contributed by atoms with Crippen molar-refractivity contribution in [3.05, 3.63) is 54.1 Å². The molecule has 2 aromatic rings. The first-order valence-corrected chi connectivity index (χ1v) is 11.0. The van der Waals surface area contributed by atoms with Crippen molar-refractivity contribution in [3.8, 4) is 0 Å². The number of hydrogen-bond donors (Lipinski definition) is 2. The first-order valence-electron chi connectivity index (χ1n) is 10.2. The third-order valence-electron chi connectivity index (χ3n) is 4.41. The Morgan fingerprint density at radius 2 is 1.69 bits per heavy atom. The van der Waals surface area contributed by atoms with Crippen LogP contribution >= 0.6 is 11.8 Å². The van der Waals surface area contributed by atoms with Crippen LogP contribution in [0, 0.1) is 0 Å². The second-order valence-corrected chi connectivity index (χ2v) is 8.05. The van der Waals surface area contributed by atoms with E-state index >= 15 is 0 Å². The molecule has 0 heterocycles. The normalized spacial score (nSPS) is 10.6. The Morgan fingerprint density at radius 3 is 2.38 bits per heavy atom. The molecule has 0 aliphatic heterocycles. The fraction of sp³-hybridized carbons (Fsp3) is 0.391. The van der Waals surface area contributed by atoms with E-state index in [9.17, 15) is 9.59 Å². The summed E-state index contributed by atoms with van der Waals surface area (Å²) in [4.78, 5) is 27.4. The Labute approximate surface area is 177 Å². The number of carbonyl (C=O) groups excluding carboxylic acids is 1. The number of benzene rings is 2. The highest BCUT2D eigenvalue weighted by Gasteiger charge is 2.15. The number of nitrogens with zero attached hydrogens (tertiary/aromatic N) is 1. The van der Waals surface area contributed by atoms with Gasteiger partial charge in [0.1, 0.15) is 0 Å². The number of unbranched alkanes of at least 4 members (excludes halogenated alkanes) is 2. The standard InChI is InChI=1S/C23H30N2O3S/c1-3-5-13-24-23(28)25(14-6-4-2)19-10-8-12-21(17-19)29-20-11-7-9-18(15-20)16-22(26)27/h7-12,15,17H,3-6,13-14,16H2,1-2H3,(H,24,28)(H,26,27). The van der Waals surface area contributed by atoms with Crippen LogP contribution in [-0.4, -0.2) is 30.2 Å². The molecule has 0 bridgehead atoms. The van der Waals surface area contributed by atoms with E-state index in [1.165, 1.54) is 0 Å². The van der Waals surface area contributed by atoms with Crippen LogP contribution in [0.4, 0.5) is 10.5 Å². The number of urea groups is 1. The maximum absolute atomic E-state index is 12.7. The number of amides is 2. The van der Waals surface area contributed by atoms with E-state index < -0.39 is 5.97 Å². The van der Waals surface area contributed by atoms with Crippen LogP contribution in [0.5, 0.6) is 0 Å². The molecule has 0 aliphatic carbocycles. The molecule has 2 aromatic carbocycles. The van der Waals surface area contributed by atoms with Crippen LogP contribution in [0.3, 0.4) is 0 Å². The van der Waals surface area contributed by atoms with E-state index in [0.29, 0.717) is 13.1 Å². The van der Waals surface area contributed by atoms with Crippen molar-refractivity contribution < 1.29 is 14.7 Å². The Hall–Kier alpha value is -2.47. The summed E-state index contributed by atoms with van der Waals surface area (Å²) in [5, 5.41) is 12.0. The molecular weight excluding hydrogens is 384 g/mol. The van der Waals surface area contributed by atoms with Gasteiger partial charge in [-0.2, -0.15) is 0 Å². The Bertz CT molecular complexity index is 810. The van der Waals surface area contributed by atoms with Gasteiger partial charge in [-0.15, -0.1) is 0 Å². The van der Waals surface area contributed by atoms with Crippen molar-refractivity contribution in [1.82, 2.24) is 5.32 Å². The van der Waals surface area contributed by atoms with Gasteiger partial charge >= 0.3 is 12.0 Å². The number of carbonyl (C=O) groups is 2. The predicted molar refractivity (Wildman–Crippen MR) is 119 cm³/mol. The molecule has 2 rings (SSSR count). The number of carboxylic acids is 1. The minimum absolute atomic E-state index is 0.0111. The van der Waals surface area contributed by atoms with E-state index in [4.69, 9.17) is 5.11 Å². The Kier molecular flexibility index (Phi) is 9.57. The molecule has 156 valence electrons. The quantitative estimate of drug-likeness (QED) is 0.471. The molecule has 0 saturated carbocycles. The maximum Gasteiger partial charge on any atom is 0.321 e. The molecule has 5 nitrogen and oxygen atoms in total. The molecular formula is C23H30N2O3S.